The number of alkyl halides is 3. The molecule has 6 heteroatoms. The number of carbonyl (C=O) groups is 1. The number of benzene rings is 1. The normalized spacial score (nSPS) is 14.5. The summed E-state index contributed by atoms with van der Waals surface area (Å²) in [4.78, 5) is 11.8. The summed E-state index contributed by atoms with van der Waals surface area (Å²) in [5, 5.41) is 5.44. The van der Waals surface area contributed by atoms with Crippen LogP contribution in [0.15, 0.2) is 30.3 Å². The summed E-state index contributed by atoms with van der Waals surface area (Å²) in [5.41, 5.74) is 0.518. The van der Waals surface area contributed by atoms with Gasteiger partial charge in [-0.3, -0.25) is 10.1 Å². The Bertz CT molecular complexity index is 434. The van der Waals surface area contributed by atoms with Gasteiger partial charge in [0.25, 0.3) is 0 Å². The Kier molecular flexibility index (Phi) is 6.68. The zero-order valence-electron chi connectivity index (χ0n) is 12.2. The monoisotopic (exact) mass is 302 g/mol. The number of carbonyl (C=O) groups excluding carboxylic acids is 1. The predicted octanol–water partition coefficient (Wildman–Crippen LogP) is 3.18. The first kappa shape index (κ1) is 17.5. The van der Waals surface area contributed by atoms with Crippen molar-refractivity contribution in [3.63, 3.8) is 0 Å². The minimum Gasteiger partial charge on any atom is -0.355 e. The Morgan fingerprint density at radius 2 is 1.86 bits per heavy atom. The van der Waals surface area contributed by atoms with E-state index in [-0.39, 0.29) is 5.91 Å². The molecular formula is C15H21F3N2O. The predicted molar refractivity (Wildman–Crippen MR) is 75.8 cm³/mol. The van der Waals surface area contributed by atoms with E-state index in [1.807, 2.05) is 6.92 Å². The van der Waals surface area contributed by atoms with Crippen molar-refractivity contribution in [3.05, 3.63) is 35.9 Å². The van der Waals surface area contributed by atoms with E-state index in [2.05, 4.69) is 10.6 Å². The van der Waals surface area contributed by atoms with Crippen LogP contribution in [0.5, 0.6) is 0 Å². The molecule has 0 fully saturated rings. The molecule has 1 aromatic carbocycles. The van der Waals surface area contributed by atoms with Gasteiger partial charge in [0, 0.05) is 12.6 Å². The molecule has 0 bridgehead atoms. The van der Waals surface area contributed by atoms with Crippen LogP contribution in [0.4, 0.5) is 13.2 Å². The van der Waals surface area contributed by atoms with Gasteiger partial charge < -0.3 is 5.32 Å². The lowest BCUT2D eigenvalue weighted by molar-refractivity contribution is -0.142. The summed E-state index contributed by atoms with van der Waals surface area (Å²) in [5.74, 6) is -0.292. The van der Waals surface area contributed by atoms with Gasteiger partial charge in [-0.15, -0.1) is 0 Å². The van der Waals surface area contributed by atoms with E-state index in [4.69, 9.17) is 0 Å². The molecule has 0 spiro atoms. The van der Waals surface area contributed by atoms with E-state index in [9.17, 15) is 18.0 Å². The molecule has 0 aliphatic heterocycles. The average molecular weight is 302 g/mol. The quantitative estimate of drug-likeness (QED) is 0.812. The zero-order valence-corrected chi connectivity index (χ0v) is 12.2. The molecule has 1 rings (SSSR count). The number of nitrogens with one attached hydrogen (secondary N) is 2. The third-order valence-corrected chi connectivity index (χ3v) is 3.03. The highest BCUT2D eigenvalue weighted by Gasteiger charge is 2.33. The largest absolute Gasteiger partial charge is 0.390 e. The molecule has 0 saturated carbocycles. The molecule has 3 nitrogen and oxygen atoms in total. The van der Waals surface area contributed by atoms with Crippen LogP contribution in [0, 0.1) is 0 Å². The van der Waals surface area contributed by atoms with Gasteiger partial charge in [0.1, 0.15) is 0 Å². The van der Waals surface area contributed by atoms with E-state index in [1.54, 1.807) is 37.3 Å². The van der Waals surface area contributed by atoms with Gasteiger partial charge >= 0.3 is 6.18 Å². The van der Waals surface area contributed by atoms with Gasteiger partial charge in [-0.1, -0.05) is 37.3 Å². The lowest BCUT2D eigenvalue weighted by Crippen LogP contribution is -2.44. The Balaban J connectivity index is 2.76. The molecule has 2 unspecified atom stereocenters. The number of rotatable bonds is 7. The first-order chi connectivity index (χ1) is 9.83. The first-order valence-electron chi connectivity index (χ1n) is 6.99. The maximum atomic E-state index is 12.7. The van der Waals surface area contributed by atoms with Crippen molar-refractivity contribution in [1.29, 1.82) is 0 Å². The molecule has 2 atom stereocenters. The maximum Gasteiger partial charge on any atom is 0.390 e. The molecule has 118 valence electrons. The van der Waals surface area contributed by atoms with Gasteiger partial charge in [-0.05, 0) is 18.9 Å². The van der Waals surface area contributed by atoms with Crippen molar-refractivity contribution >= 4 is 5.91 Å². The average Bonchev–Trinajstić information content (AvgIpc) is 2.43. The molecule has 1 aromatic rings. The summed E-state index contributed by atoms with van der Waals surface area (Å²) >= 11 is 0. The van der Waals surface area contributed by atoms with Gasteiger partial charge in [-0.25, -0.2) is 0 Å². The lowest BCUT2D eigenvalue weighted by atomic mass is 10.0. The SMILES string of the molecule is CCCNC(=O)C(C)NC(CC(F)(F)F)c1ccccc1. The minimum atomic E-state index is -4.30. The summed E-state index contributed by atoms with van der Waals surface area (Å²) < 4.78 is 38.1. The smallest absolute Gasteiger partial charge is 0.355 e. The van der Waals surface area contributed by atoms with Crippen molar-refractivity contribution in [2.24, 2.45) is 0 Å². The van der Waals surface area contributed by atoms with Gasteiger partial charge in [0.2, 0.25) is 5.91 Å². The highest BCUT2D eigenvalue weighted by molar-refractivity contribution is 5.81. The highest BCUT2D eigenvalue weighted by Crippen LogP contribution is 2.29. The fourth-order valence-electron chi connectivity index (χ4n) is 1.97. The fourth-order valence-corrected chi connectivity index (χ4v) is 1.97. The lowest BCUT2D eigenvalue weighted by Gasteiger charge is -2.24. The number of amides is 1. The first-order valence-corrected chi connectivity index (χ1v) is 6.99. The van der Waals surface area contributed by atoms with Crippen molar-refractivity contribution < 1.29 is 18.0 Å². The van der Waals surface area contributed by atoms with Crippen LogP contribution in [-0.4, -0.2) is 24.7 Å². The molecule has 1 amide bonds. The van der Waals surface area contributed by atoms with Crippen LogP contribution in [0.25, 0.3) is 0 Å². The second-order valence-corrected chi connectivity index (χ2v) is 4.96. The molecule has 0 aliphatic carbocycles. The molecular weight excluding hydrogens is 281 g/mol. The Labute approximate surface area is 122 Å². The van der Waals surface area contributed by atoms with Crippen molar-refractivity contribution in [3.8, 4) is 0 Å². The Hall–Kier alpha value is -1.56. The van der Waals surface area contributed by atoms with E-state index in [1.165, 1.54) is 0 Å². The van der Waals surface area contributed by atoms with E-state index < -0.39 is 24.7 Å². The number of hydrogen-bond acceptors (Lipinski definition) is 2. The van der Waals surface area contributed by atoms with Crippen LogP contribution in [0.1, 0.15) is 38.3 Å². The standard InChI is InChI=1S/C15H21F3N2O/c1-3-9-19-14(21)11(2)20-13(10-15(16,17)18)12-7-5-4-6-8-12/h4-8,11,13,20H,3,9-10H2,1-2H3,(H,19,21). The van der Waals surface area contributed by atoms with Crippen LogP contribution < -0.4 is 10.6 Å². The molecule has 0 aromatic heterocycles. The Morgan fingerprint density at radius 3 is 2.38 bits per heavy atom. The summed E-state index contributed by atoms with van der Waals surface area (Å²) in [6.45, 7) is 3.99. The molecule has 21 heavy (non-hydrogen) atoms. The topological polar surface area (TPSA) is 41.1 Å². The van der Waals surface area contributed by atoms with Gasteiger partial charge in [0.05, 0.1) is 12.5 Å². The second-order valence-electron chi connectivity index (χ2n) is 4.96. The van der Waals surface area contributed by atoms with E-state index >= 15 is 0 Å². The number of halogens is 3. The molecule has 0 radical (unpaired) electrons. The van der Waals surface area contributed by atoms with Crippen molar-refractivity contribution in [2.45, 2.75) is 44.9 Å². The maximum absolute atomic E-state index is 12.7. The molecule has 0 saturated heterocycles. The highest BCUT2D eigenvalue weighted by atomic mass is 19.4. The third-order valence-electron chi connectivity index (χ3n) is 3.03. The minimum absolute atomic E-state index is 0.292. The fraction of sp³-hybridized carbons (Fsp3) is 0.533. The zero-order chi connectivity index (χ0) is 15.9. The van der Waals surface area contributed by atoms with Crippen LogP contribution in [0.2, 0.25) is 0 Å². The van der Waals surface area contributed by atoms with E-state index in [0.717, 1.165) is 6.42 Å². The summed E-state index contributed by atoms with van der Waals surface area (Å²) in [7, 11) is 0. The number of hydrogen-bond donors (Lipinski definition) is 2. The molecule has 2 N–H and O–H groups in total. The van der Waals surface area contributed by atoms with Crippen LogP contribution in [0.3, 0.4) is 0 Å². The van der Waals surface area contributed by atoms with Crippen LogP contribution >= 0.6 is 0 Å². The second kappa shape index (κ2) is 8.02. The van der Waals surface area contributed by atoms with Gasteiger partial charge in [0.15, 0.2) is 0 Å². The van der Waals surface area contributed by atoms with Gasteiger partial charge in [-0.2, -0.15) is 13.2 Å². The summed E-state index contributed by atoms with van der Waals surface area (Å²) in [6, 6.07) is 6.73. The van der Waals surface area contributed by atoms with Crippen LogP contribution in [-0.2, 0) is 4.79 Å². The third kappa shape index (κ3) is 6.62. The summed E-state index contributed by atoms with van der Waals surface area (Å²) in [6.07, 6.45) is -4.53. The van der Waals surface area contributed by atoms with E-state index in [0.29, 0.717) is 12.1 Å². The molecule has 0 aliphatic rings. The molecule has 0 heterocycles. The van der Waals surface area contributed by atoms with Crippen molar-refractivity contribution in [2.75, 3.05) is 6.54 Å². The Morgan fingerprint density at radius 1 is 1.24 bits per heavy atom. The van der Waals surface area contributed by atoms with Crippen molar-refractivity contribution in [1.82, 2.24) is 10.6 Å².